The quantitative estimate of drug-likeness (QED) is 0.657. The van der Waals surface area contributed by atoms with Gasteiger partial charge in [-0.05, 0) is 0 Å². The van der Waals surface area contributed by atoms with Crippen LogP contribution in [0.4, 0.5) is 13.2 Å². The molecule has 11 heteroatoms. The van der Waals surface area contributed by atoms with E-state index in [-0.39, 0.29) is 0 Å². The van der Waals surface area contributed by atoms with E-state index in [1.165, 1.54) is 0 Å². The zero-order valence-electron chi connectivity index (χ0n) is 7.60. The van der Waals surface area contributed by atoms with Crippen LogP contribution in [0.2, 0.25) is 0 Å². The van der Waals surface area contributed by atoms with E-state index in [2.05, 4.69) is 8.37 Å². The first kappa shape index (κ1) is 13.7. The molecule has 1 unspecified atom stereocenters. The predicted molar refractivity (Wildman–Crippen MR) is 44.5 cm³/mol. The third-order valence-corrected chi connectivity index (χ3v) is 3.97. The molecule has 1 saturated heterocycles. The fourth-order valence-corrected chi connectivity index (χ4v) is 3.17. The summed E-state index contributed by atoms with van der Waals surface area (Å²) in [5.74, 6) is -2.93. The summed E-state index contributed by atoms with van der Waals surface area (Å²) >= 11 is 0. The van der Waals surface area contributed by atoms with Crippen LogP contribution in [-0.2, 0) is 28.6 Å². The molecule has 0 saturated carbocycles. The van der Waals surface area contributed by atoms with Gasteiger partial charge in [-0.3, -0.25) is 8.37 Å². The van der Waals surface area contributed by atoms with Gasteiger partial charge in [-0.25, -0.2) is 0 Å². The van der Waals surface area contributed by atoms with Crippen LogP contribution in [0.15, 0.2) is 0 Å². The minimum Gasteiger partial charge on any atom is -0.267 e. The highest BCUT2D eigenvalue weighted by Gasteiger charge is 2.39. The Bertz CT molecular complexity index is 449. The molecule has 0 radical (unpaired) electrons. The smallest absolute Gasteiger partial charge is 0.267 e. The van der Waals surface area contributed by atoms with Crippen LogP contribution in [0.25, 0.3) is 0 Å². The molecule has 16 heavy (non-hydrogen) atoms. The summed E-state index contributed by atoms with van der Waals surface area (Å²) in [6.07, 6.45) is -6.35. The average Bonchev–Trinajstić information content (AvgIpc) is 2.22. The van der Waals surface area contributed by atoms with Gasteiger partial charge < -0.3 is 0 Å². The number of hydrogen-bond donors (Lipinski definition) is 0. The molecule has 0 aromatic heterocycles. The van der Waals surface area contributed by atoms with Crippen LogP contribution in [0.3, 0.4) is 0 Å². The maximum absolute atomic E-state index is 11.8. The van der Waals surface area contributed by atoms with Crippen molar-refractivity contribution < 1.29 is 38.4 Å². The van der Waals surface area contributed by atoms with Crippen LogP contribution < -0.4 is 0 Å². The SMILES string of the molecule is O=S1(=O)CC(OS(=O)(=O)CC(F)(F)F)CO1. The van der Waals surface area contributed by atoms with Gasteiger partial charge in [-0.15, -0.1) is 0 Å². The maximum atomic E-state index is 11.8. The molecule has 96 valence electrons. The fraction of sp³-hybridized carbons (Fsp3) is 1.00. The summed E-state index contributed by atoms with van der Waals surface area (Å²) in [7, 11) is -8.72. The molecule has 1 atom stereocenters. The van der Waals surface area contributed by atoms with Gasteiger partial charge in [0.15, 0.2) is 5.75 Å². The maximum Gasteiger partial charge on any atom is 0.405 e. The molecule has 0 aliphatic carbocycles. The second kappa shape index (κ2) is 4.13. The lowest BCUT2D eigenvalue weighted by Crippen LogP contribution is -2.29. The Labute approximate surface area is 89.6 Å². The summed E-state index contributed by atoms with van der Waals surface area (Å²) in [5, 5.41) is 0. The molecule has 6 nitrogen and oxygen atoms in total. The molecule has 0 aromatic carbocycles. The molecule has 1 aliphatic rings. The minimum absolute atomic E-state index is 0.598. The van der Waals surface area contributed by atoms with E-state index in [4.69, 9.17) is 0 Å². The lowest BCUT2D eigenvalue weighted by Gasteiger charge is -2.10. The second-order valence-electron chi connectivity index (χ2n) is 3.04. The van der Waals surface area contributed by atoms with Crippen molar-refractivity contribution in [3.63, 3.8) is 0 Å². The van der Waals surface area contributed by atoms with Gasteiger partial charge in [-0.2, -0.15) is 30.0 Å². The Morgan fingerprint density at radius 2 is 1.94 bits per heavy atom. The van der Waals surface area contributed by atoms with Gasteiger partial charge in [-0.1, -0.05) is 0 Å². The predicted octanol–water partition coefficient (Wildman–Crippen LogP) is -0.376. The van der Waals surface area contributed by atoms with Crippen molar-refractivity contribution in [1.29, 1.82) is 0 Å². The molecule has 0 aromatic rings. The first-order valence-electron chi connectivity index (χ1n) is 3.84. The summed E-state index contributed by atoms with van der Waals surface area (Å²) in [4.78, 5) is 0. The van der Waals surface area contributed by atoms with Crippen molar-refractivity contribution in [2.24, 2.45) is 0 Å². The summed E-state index contributed by atoms with van der Waals surface area (Å²) < 4.78 is 86.5. The highest BCUT2D eigenvalue weighted by Crippen LogP contribution is 2.21. The molecule has 1 aliphatic heterocycles. The van der Waals surface area contributed by atoms with Gasteiger partial charge in [0, 0.05) is 0 Å². The molecule has 0 amide bonds. The number of alkyl halides is 3. The normalized spacial score (nSPS) is 25.8. The van der Waals surface area contributed by atoms with Gasteiger partial charge in [0.25, 0.3) is 20.2 Å². The molecular weight excluding hydrogens is 277 g/mol. The van der Waals surface area contributed by atoms with E-state index in [0.717, 1.165) is 0 Å². The number of hydrogen-bond acceptors (Lipinski definition) is 6. The average molecular weight is 284 g/mol. The molecular formula is C5H7F3O6S2. The van der Waals surface area contributed by atoms with E-state index < -0.39 is 50.6 Å². The van der Waals surface area contributed by atoms with Gasteiger partial charge >= 0.3 is 6.18 Å². The Balaban J connectivity index is 2.62. The first-order chi connectivity index (χ1) is 6.99. The minimum atomic E-state index is -4.93. The molecule has 1 rings (SSSR count). The largest absolute Gasteiger partial charge is 0.405 e. The molecule has 1 heterocycles. The van der Waals surface area contributed by atoms with Crippen LogP contribution >= 0.6 is 0 Å². The highest BCUT2D eigenvalue weighted by atomic mass is 32.2. The summed E-state index contributed by atoms with van der Waals surface area (Å²) in [5.41, 5.74) is 0. The Morgan fingerprint density at radius 1 is 1.38 bits per heavy atom. The van der Waals surface area contributed by atoms with E-state index in [1.807, 2.05) is 0 Å². The zero-order chi connectivity index (χ0) is 12.6. The topological polar surface area (TPSA) is 86.7 Å². The van der Waals surface area contributed by atoms with Gasteiger partial charge in [0.05, 0.1) is 6.61 Å². The lowest BCUT2D eigenvalue weighted by atomic mass is 10.5. The van der Waals surface area contributed by atoms with Crippen molar-refractivity contribution in [3.05, 3.63) is 0 Å². The van der Waals surface area contributed by atoms with Crippen LogP contribution in [0.1, 0.15) is 0 Å². The molecule has 1 fully saturated rings. The zero-order valence-corrected chi connectivity index (χ0v) is 9.23. The third-order valence-electron chi connectivity index (χ3n) is 1.45. The number of halogens is 3. The van der Waals surface area contributed by atoms with Crippen molar-refractivity contribution in [3.8, 4) is 0 Å². The molecule has 0 spiro atoms. The second-order valence-corrected chi connectivity index (χ2v) is 6.33. The van der Waals surface area contributed by atoms with Crippen molar-refractivity contribution in [1.82, 2.24) is 0 Å². The van der Waals surface area contributed by atoms with E-state index in [0.29, 0.717) is 0 Å². The van der Waals surface area contributed by atoms with Crippen molar-refractivity contribution >= 4 is 20.2 Å². The summed E-state index contributed by atoms with van der Waals surface area (Å²) in [6.45, 7) is -0.598. The summed E-state index contributed by atoms with van der Waals surface area (Å²) in [6, 6.07) is 0. The standard InChI is InChI=1S/C5H7F3O6S2/c6-5(7,8)3-16(11,12)14-4-1-13-15(9,10)2-4/h4H,1-3H2. The van der Waals surface area contributed by atoms with Crippen molar-refractivity contribution in [2.45, 2.75) is 12.3 Å². The van der Waals surface area contributed by atoms with Crippen LogP contribution in [-0.4, -0.2) is 47.2 Å². The third kappa shape index (κ3) is 4.63. The lowest BCUT2D eigenvalue weighted by molar-refractivity contribution is -0.107. The van der Waals surface area contributed by atoms with Crippen LogP contribution in [0.5, 0.6) is 0 Å². The monoisotopic (exact) mass is 284 g/mol. The Morgan fingerprint density at radius 3 is 2.31 bits per heavy atom. The molecule has 0 N–H and O–H groups in total. The Kier molecular flexibility index (Phi) is 3.53. The first-order valence-corrected chi connectivity index (χ1v) is 6.99. The van der Waals surface area contributed by atoms with E-state index >= 15 is 0 Å². The highest BCUT2D eigenvalue weighted by molar-refractivity contribution is 7.87. The van der Waals surface area contributed by atoms with Gasteiger partial charge in [0.1, 0.15) is 11.9 Å². The number of rotatable bonds is 3. The van der Waals surface area contributed by atoms with E-state index in [9.17, 15) is 30.0 Å². The Hall–Kier alpha value is -0.390. The fourth-order valence-electron chi connectivity index (χ4n) is 1.00. The van der Waals surface area contributed by atoms with Crippen LogP contribution in [0, 0.1) is 0 Å². The van der Waals surface area contributed by atoms with Gasteiger partial charge in [0.2, 0.25) is 0 Å². The molecule has 0 bridgehead atoms. The van der Waals surface area contributed by atoms with Crippen molar-refractivity contribution in [2.75, 3.05) is 18.1 Å². The van der Waals surface area contributed by atoms with E-state index in [1.54, 1.807) is 0 Å².